The first-order chi connectivity index (χ1) is 19.0. The zero-order chi connectivity index (χ0) is 28.2. The minimum absolute atomic E-state index is 0.0294. The quantitative estimate of drug-likeness (QED) is 0.284. The van der Waals surface area contributed by atoms with Crippen molar-refractivity contribution in [1.82, 2.24) is 5.32 Å². The van der Waals surface area contributed by atoms with Gasteiger partial charge < -0.3 is 19.9 Å². The van der Waals surface area contributed by atoms with Gasteiger partial charge in [-0.2, -0.15) is 0 Å². The van der Waals surface area contributed by atoms with Crippen molar-refractivity contribution in [2.75, 3.05) is 0 Å². The molecule has 3 aromatic rings. The molecule has 4 fully saturated rings. The molecule has 2 aromatic carbocycles. The molecular weight excluding hydrogens is 567 g/mol. The first-order valence-electron chi connectivity index (χ1n) is 13.2. The van der Waals surface area contributed by atoms with E-state index >= 15 is 0 Å². The summed E-state index contributed by atoms with van der Waals surface area (Å²) in [5.74, 6) is -0.0712. The average Bonchev–Trinajstić information content (AvgIpc) is 3.22. The maximum Gasteiger partial charge on any atom is 0.573 e. The molecule has 0 radical (unpaired) electrons. The largest absolute Gasteiger partial charge is 0.573 e. The van der Waals surface area contributed by atoms with Crippen LogP contribution in [-0.2, 0) is 11.4 Å². The van der Waals surface area contributed by atoms with Crippen molar-refractivity contribution >= 4 is 44.9 Å². The highest BCUT2D eigenvalue weighted by molar-refractivity contribution is 7.21. The van der Waals surface area contributed by atoms with E-state index in [-0.39, 0.29) is 23.0 Å². The number of ether oxygens (including phenoxy) is 2. The third-order valence-electron chi connectivity index (χ3n) is 8.57. The second kappa shape index (κ2) is 10.1. The zero-order valence-corrected chi connectivity index (χ0v) is 22.9. The molecule has 1 amide bonds. The molecular formula is C29H27ClF3NO5S. The van der Waals surface area contributed by atoms with Crippen molar-refractivity contribution in [3.8, 4) is 11.5 Å². The molecule has 6 nitrogen and oxygen atoms in total. The van der Waals surface area contributed by atoms with E-state index in [1.54, 1.807) is 18.2 Å². The van der Waals surface area contributed by atoms with Gasteiger partial charge in [0.2, 0.25) is 0 Å². The van der Waals surface area contributed by atoms with Gasteiger partial charge in [-0.05, 0) is 92.2 Å². The average molecular weight is 594 g/mol. The minimum atomic E-state index is -4.79. The third-order valence-corrected chi connectivity index (χ3v) is 9.94. The molecule has 4 aliphatic rings. The number of aliphatic carboxylic acids is 1. The minimum Gasteiger partial charge on any atom is -0.487 e. The zero-order valence-electron chi connectivity index (χ0n) is 21.3. The van der Waals surface area contributed by atoms with Crippen LogP contribution in [0.5, 0.6) is 11.5 Å². The van der Waals surface area contributed by atoms with Crippen molar-refractivity contribution < 1.29 is 37.3 Å². The summed E-state index contributed by atoms with van der Waals surface area (Å²) in [5, 5.41) is 14.3. The summed E-state index contributed by atoms with van der Waals surface area (Å²) in [6.45, 7) is -0.0294. The Hall–Kier alpha value is -2.98. The van der Waals surface area contributed by atoms with Crippen LogP contribution in [-0.4, -0.2) is 29.4 Å². The lowest BCUT2D eigenvalue weighted by Gasteiger charge is -2.58. The highest BCUT2D eigenvalue weighted by Crippen LogP contribution is 2.61. The SMILES string of the molecule is O=C(N[C@H](C(=O)O)C12CC3CC(CC(C3)C1)C2)c1sc2cc(Cl)ccc2c1OCc1ccc(OC(F)(F)F)cc1. The third kappa shape index (κ3) is 5.35. The fourth-order valence-electron chi connectivity index (χ4n) is 7.49. The van der Waals surface area contributed by atoms with Gasteiger partial charge in [0.05, 0.1) is 0 Å². The van der Waals surface area contributed by atoms with Crippen molar-refractivity contribution in [2.45, 2.75) is 57.5 Å². The predicted octanol–water partition coefficient (Wildman–Crippen LogP) is 7.43. The van der Waals surface area contributed by atoms with Crippen LogP contribution in [0.4, 0.5) is 13.2 Å². The predicted molar refractivity (Wildman–Crippen MR) is 144 cm³/mol. The van der Waals surface area contributed by atoms with E-state index in [0.29, 0.717) is 38.4 Å². The lowest BCUT2D eigenvalue weighted by atomic mass is 9.47. The Morgan fingerprint density at radius 2 is 1.68 bits per heavy atom. The molecule has 212 valence electrons. The fourth-order valence-corrected chi connectivity index (χ4v) is 8.81. The summed E-state index contributed by atoms with van der Waals surface area (Å²) >= 11 is 7.35. The molecule has 1 aromatic heterocycles. The number of amides is 1. The van der Waals surface area contributed by atoms with Gasteiger partial charge in [-0.3, -0.25) is 4.79 Å². The Morgan fingerprint density at radius 1 is 1.05 bits per heavy atom. The van der Waals surface area contributed by atoms with Gasteiger partial charge in [0.1, 0.15) is 23.3 Å². The van der Waals surface area contributed by atoms with Gasteiger partial charge >= 0.3 is 12.3 Å². The number of halogens is 4. The first-order valence-corrected chi connectivity index (χ1v) is 14.4. The van der Waals surface area contributed by atoms with Crippen LogP contribution in [0.15, 0.2) is 42.5 Å². The molecule has 4 saturated carbocycles. The van der Waals surface area contributed by atoms with E-state index in [1.807, 2.05) is 0 Å². The Kier molecular flexibility index (Phi) is 6.89. The lowest BCUT2D eigenvalue weighted by Crippen LogP contribution is -2.59. The van der Waals surface area contributed by atoms with Gasteiger partial charge in [0, 0.05) is 20.5 Å². The molecule has 0 aliphatic heterocycles. The second-order valence-electron chi connectivity index (χ2n) is 11.4. The van der Waals surface area contributed by atoms with Gasteiger partial charge in [-0.25, -0.2) is 4.79 Å². The van der Waals surface area contributed by atoms with E-state index in [0.717, 1.165) is 49.9 Å². The standard InChI is InChI=1S/C29H27ClF3NO5S/c30-19-3-6-21-22(10-19)40-24(23(21)38-14-15-1-4-20(5-2-15)39-29(31,32)33)26(35)34-25(27(36)37)28-11-16-7-17(12-28)9-18(8-16)13-28/h1-6,10,16-18,25H,7-9,11-14H2,(H,34,35)(H,36,37)/t16?,17?,18?,25-,28?/m1/s1. The lowest BCUT2D eigenvalue weighted by molar-refractivity contribution is -0.274. The van der Waals surface area contributed by atoms with Crippen LogP contribution in [0.3, 0.4) is 0 Å². The second-order valence-corrected chi connectivity index (χ2v) is 12.9. The Labute approximate surface area is 237 Å². The highest BCUT2D eigenvalue weighted by Gasteiger charge is 2.56. The van der Waals surface area contributed by atoms with E-state index in [2.05, 4.69) is 10.1 Å². The topological polar surface area (TPSA) is 84.9 Å². The molecule has 0 unspecified atom stereocenters. The summed E-state index contributed by atoms with van der Waals surface area (Å²) in [6, 6.07) is 9.37. The van der Waals surface area contributed by atoms with E-state index in [9.17, 15) is 27.9 Å². The van der Waals surface area contributed by atoms with Crippen molar-refractivity contribution in [1.29, 1.82) is 0 Å². The fraction of sp³-hybridized carbons (Fsp3) is 0.448. The number of rotatable bonds is 8. The molecule has 11 heteroatoms. The van der Waals surface area contributed by atoms with Crippen LogP contribution < -0.4 is 14.8 Å². The number of fused-ring (bicyclic) bond motifs is 1. The number of alkyl halides is 3. The van der Waals surface area contributed by atoms with Gasteiger partial charge in [0.25, 0.3) is 5.91 Å². The molecule has 4 aliphatic carbocycles. The van der Waals surface area contributed by atoms with Crippen LogP contribution in [0.1, 0.15) is 53.8 Å². The number of carbonyl (C=O) groups is 2. The smallest absolute Gasteiger partial charge is 0.487 e. The van der Waals surface area contributed by atoms with E-state index < -0.39 is 29.7 Å². The number of nitrogens with one attached hydrogen (secondary N) is 1. The van der Waals surface area contributed by atoms with Crippen molar-refractivity contribution in [3.05, 3.63) is 57.9 Å². The van der Waals surface area contributed by atoms with Gasteiger partial charge in [-0.15, -0.1) is 24.5 Å². The highest BCUT2D eigenvalue weighted by atomic mass is 35.5. The van der Waals surface area contributed by atoms with Crippen LogP contribution in [0, 0.1) is 23.2 Å². The summed E-state index contributed by atoms with van der Waals surface area (Å²) in [7, 11) is 0. The van der Waals surface area contributed by atoms with Gasteiger partial charge in [0.15, 0.2) is 5.75 Å². The van der Waals surface area contributed by atoms with Crippen molar-refractivity contribution in [3.63, 3.8) is 0 Å². The normalized spacial score (nSPS) is 26.1. The van der Waals surface area contributed by atoms with E-state index in [4.69, 9.17) is 16.3 Å². The number of thiophene rings is 1. The molecule has 0 saturated heterocycles. The van der Waals surface area contributed by atoms with E-state index in [1.165, 1.54) is 24.3 Å². The molecule has 40 heavy (non-hydrogen) atoms. The number of hydrogen-bond donors (Lipinski definition) is 2. The molecule has 4 bridgehead atoms. The number of carboxylic acid groups (broad SMARTS) is 1. The van der Waals surface area contributed by atoms with Crippen molar-refractivity contribution in [2.24, 2.45) is 23.2 Å². The van der Waals surface area contributed by atoms with Crippen LogP contribution >= 0.6 is 22.9 Å². The summed E-state index contributed by atoms with van der Waals surface area (Å²) in [4.78, 5) is 26.5. The summed E-state index contributed by atoms with van der Waals surface area (Å²) in [5.41, 5.74) is 0.114. The Bertz CT molecular complexity index is 1420. The molecule has 2 N–H and O–H groups in total. The molecule has 7 rings (SSSR count). The monoisotopic (exact) mass is 593 g/mol. The first kappa shape index (κ1) is 27.2. The van der Waals surface area contributed by atoms with Gasteiger partial charge in [-0.1, -0.05) is 23.7 Å². The molecule has 1 heterocycles. The maximum absolute atomic E-state index is 13.7. The molecule has 1 atom stereocenters. The maximum atomic E-state index is 13.7. The molecule has 0 spiro atoms. The number of benzene rings is 2. The van der Waals surface area contributed by atoms with Crippen LogP contribution in [0.25, 0.3) is 10.1 Å². The number of carbonyl (C=O) groups excluding carboxylic acids is 1. The Balaban J connectivity index is 1.26. The summed E-state index contributed by atoms with van der Waals surface area (Å²) < 4.78 is 48.2. The number of hydrogen-bond acceptors (Lipinski definition) is 5. The van der Waals surface area contributed by atoms with Crippen LogP contribution in [0.2, 0.25) is 5.02 Å². The Morgan fingerprint density at radius 3 is 2.25 bits per heavy atom. The summed E-state index contributed by atoms with van der Waals surface area (Å²) in [6.07, 6.45) is 1.11. The number of carboxylic acids is 1.